The van der Waals surface area contributed by atoms with Crippen LogP contribution in [0.2, 0.25) is 0 Å². The molecule has 2 aromatic rings. The normalized spacial score (nSPS) is 14.9. The monoisotopic (exact) mass is 554 g/mol. The number of rotatable bonds is 8. The molecular weight excluding hydrogens is 508 g/mol. The largest absolute Gasteiger partial charge is 0.494 e. The Morgan fingerprint density at radius 2 is 1.72 bits per heavy atom. The molecule has 0 radical (unpaired) electrons. The van der Waals surface area contributed by atoms with Crippen LogP contribution in [0.25, 0.3) is 0 Å². The van der Waals surface area contributed by atoms with Gasteiger partial charge in [-0.3, -0.25) is 14.9 Å². The molecule has 0 bridgehead atoms. The van der Waals surface area contributed by atoms with E-state index in [0.717, 1.165) is 35.2 Å². The lowest BCUT2D eigenvalue weighted by Gasteiger charge is -2.25. The zero-order valence-electron chi connectivity index (χ0n) is 24.8. The maximum atomic E-state index is 13.3. The van der Waals surface area contributed by atoms with Crippen molar-refractivity contribution in [2.75, 3.05) is 17.4 Å². The smallest absolute Gasteiger partial charge is 0.255 e. The highest BCUT2D eigenvalue weighted by Gasteiger charge is 2.39. The highest BCUT2D eigenvalue weighted by molar-refractivity contribution is 7.77. The first kappa shape index (κ1) is 32.1. The third kappa shape index (κ3) is 8.17. The summed E-state index contributed by atoms with van der Waals surface area (Å²) in [6.45, 7) is 16.4. The fraction of sp³-hybridized carbons (Fsp3) is 0.433. The number of benzene rings is 2. The second kappa shape index (κ2) is 12.8. The Kier molecular flexibility index (Phi) is 10.5. The van der Waals surface area contributed by atoms with Gasteiger partial charge in [0.15, 0.2) is 0 Å². The zero-order valence-corrected chi connectivity index (χ0v) is 25.7. The summed E-state index contributed by atoms with van der Waals surface area (Å²) in [6.07, 6.45) is 3.98. The number of anilines is 2. The Morgan fingerprint density at radius 3 is 2.26 bits per heavy atom. The number of carbonyl (C=O) groups excluding carboxylic acids is 1. The lowest BCUT2D eigenvalue weighted by atomic mass is 9.95. The highest BCUT2D eigenvalue weighted by Crippen LogP contribution is 2.49. The Bertz CT molecular complexity index is 1260. The molecule has 0 aromatic heterocycles. The molecule has 1 saturated carbocycles. The number of nitrogens with two attached hydrogens (primary N) is 3. The number of allylic oxidation sites excluding steroid dienone is 2. The second-order valence-electron chi connectivity index (χ2n) is 11.5. The van der Waals surface area contributed by atoms with Gasteiger partial charge in [-0.1, -0.05) is 19.1 Å². The number of amides is 1. The molecule has 0 saturated heterocycles. The van der Waals surface area contributed by atoms with Gasteiger partial charge in [0.25, 0.3) is 5.91 Å². The lowest BCUT2D eigenvalue weighted by Crippen LogP contribution is -2.35. The minimum atomic E-state index is -0.233. The van der Waals surface area contributed by atoms with E-state index in [0.29, 0.717) is 28.4 Å². The predicted molar refractivity (Wildman–Crippen MR) is 167 cm³/mol. The molecule has 1 aliphatic rings. The van der Waals surface area contributed by atoms with Gasteiger partial charge in [0.2, 0.25) is 0 Å². The number of hydrazine groups is 1. The molecule has 3 rings (SSSR count). The number of carbonyl (C=O) groups is 1. The molecule has 0 unspecified atom stereocenters. The van der Waals surface area contributed by atoms with Crippen LogP contribution < -0.4 is 37.1 Å². The Balaban J connectivity index is 0.00000260. The minimum absolute atomic E-state index is 0.0799. The molecule has 0 spiro atoms. The van der Waals surface area contributed by atoms with Crippen molar-refractivity contribution in [1.29, 1.82) is 0 Å². The maximum absolute atomic E-state index is 13.3. The van der Waals surface area contributed by atoms with Crippen molar-refractivity contribution in [2.24, 2.45) is 16.7 Å². The first-order chi connectivity index (χ1) is 18.1. The van der Waals surface area contributed by atoms with Crippen molar-refractivity contribution >= 4 is 30.1 Å². The van der Waals surface area contributed by atoms with Crippen LogP contribution >= 0.6 is 12.8 Å². The van der Waals surface area contributed by atoms with Crippen molar-refractivity contribution in [2.45, 2.75) is 79.2 Å². The standard InChI is InChI=1S/C30H43N5O2.H3NS/c1-18-10-11-22(15-26(18)35(32)17-24(31)20(3)21(4)34-29(5,6)7)28(36)33-25-16-23(30(8)12-13-30)14-19(2)27(25)37-9;1-2/h10-11,14-17,34H,12-13,31-32H2,1-9H3,(H,33,36);2H,1H2/b21-20+,24-17-;. The summed E-state index contributed by atoms with van der Waals surface area (Å²) in [5.74, 6) is 6.85. The number of hydrogen-bond acceptors (Lipinski definition) is 8. The summed E-state index contributed by atoms with van der Waals surface area (Å²) in [7, 11) is 1.62. The van der Waals surface area contributed by atoms with Gasteiger partial charge in [-0.2, -0.15) is 0 Å². The van der Waals surface area contributed by atoms with Crippen molar-refractivity contribution < 1.29 is 9.53 Å². The van der Waals surface area contributed by atoms with Crippen molar-refractivity contribution in [3.63, 3.8) is 0 Å². The van der Waals surface area contributed by atoms with Gasteiger partial charge in [0.1, 0.15) is 5.75 Å². The number of ether oxygens (including phenoxy) is 1. The molecule has 1 fully saturated rings. The molecular formula is C30H46N6O2S. The SMILES string of the molecule is COc1c(C)cc(C2(C)CC2)cc1NC(=O)c1ccc(C)c(N(N)/C=C(N)/C(C)=C(\C)NC(C)(C)C)c1.NS. The van der Waals surface area contributed by atoms with Crippen molar-refractivity contribution in [1.82, 2.24) is 5.32 Å². The summed E-state index contributed by atoms with van der Waals surface area (Å²) in [5, 5.41) is 12.2. The van der Waals surface area contributed by atoms with E-state index in [1.165, 1.54) is 10.6 Å². The topological polar surface area (TPSA) is 132 Å². The average Bonchev–Trinajstić information content (AvgIpc) is 3.62. The van der Waals surface area contributed by atoms with E-state index in [-0.39, 0.29) is 16.9 Å². The fourth-order valence-corrected chi connectivity index (χ4v) is 4.37. The maximum Gasteiger partial charge on any atom is 0.255 e. The molecule has 1 amide bonds. The molecule has 0 aliphatic heterocycles. The van der Waals surface area contributed by atoms with Crippen molar-refractivity contribution in [3.8, 4) is 5.75 Å². The summed E-state index contributed by atoms with van der Waals surface area (Å²) >= 11 is 3.03. The quantitative estimate of drug-likeness (QED) is 0.109. The van der Waals surface area contributed by atoms with E-state index < -0.39 is 0 Å². The number of thiol groups is 1. The molecule has 39 heavy (non-hydrogen) atoms. The number of nitrogens with zero attached hydrogens (tertiary/aromatic N) is 1. The van der Waals surface area contributed by atoms with Gasteiger partial charge < -0.3 is 21.1 Å². The highest BCUT2D eigenvalue weighted by atomic mass is 32.1. The second-order valence-corrected chi connectivity index (χ2v) is 11.5. The van der Waals surface area contributed by atoms with Gasteiger partial charge >= 0.3 is 0 Å². The summed E-state index contributed by atoms with van der Waals surface area (Å²) in [6, 6.07) is 9.65. The van der Waals surface area contributed by atoms with Gasteiger partial charge in [-0.25, -0.2) is 5.84 Å². The van der Waals surface area contributed by atoms with Crippen LogP contribution in [0.1, 0.15) is 81.4 Å². The van der Waals surface area contributed by atoms with E-state index in [4.69, 9.17) is 16.3 Å². The van der Waals surface area contributed by atoms with E-state index >= 15 is 0 Å². The molecule has 0 atom stereocenters. The Hall–Kier alpha value is -3.14. The van der Waals surface area contributed by atoms with Crippen LogP contribution in [0.15, 0.2) is 53.5 Å². The first-order valence-electron chi connectivity index (χ1n) is 13.0. The minimum Gasteiger partial charge on any atom is -0.494 e. The van der Waals surface area contributed by atoms with Crippen LogP contribution in [0.5, 0.6) is 5.75 Å². The van der Waals surface area contributed by atoms with Crippen LogP contribution in [-0.4, -0.2) is 18.6 Å². The van der Waals surface area contributed by atoms with Gasteiger partial charge in [-0.05, 0) is 107 Å². The molecule has 214 valence electrons. The average molecular weight is 555 g/mol. The molecule has 0 heterocycles. The fourth-order valence-electron chi connectivity index (χ4n) is 4.37. The summed E-state index contributed by atoms with van der Waals surface area (Å²) in [4.78, 5) is 13.3. The Labute approximate surface area is 239 Å². The molecule has 2 aromatic carbocycles. The number of methoxy groups -OCH3 is 1. The van der Waals surface area contributed by atoms with E-state index in [1.54, 1.807) is 25.4 Å². The molecule has 8 nitrogen and oxygen atoms in total. The number of nitrogens with one attached hydrogen (secondary N) is 2. The molecule has 9 heteroatoms. The van der Waals surface area contributed by atoms with Crippen LogP contribution in [0.4, 0.5) is 11.4 Å². The lowest BCUT2D eigenvalue weighted by molar-refractivity contribution is 0.102. The third-order valence-electron chi connectivity index (χ3n) is 7.01. The van der Waals surface area contributed by atoms with E-state index in [2.05, 4.69) is 62.3 Å². The van der Waals surface area contributed by atoms with Gasteiger partial charge in [0, 0.05) is 23.0 Å². The van der Waals surface area contributed by atoms with E-state index in [1.807, 2.05) is 39.8 Å². The van der Waals surface area contributed by atoms with E-state index in [9.17, 15) is 4.79 Å². The van der Waals surface area contributed by atoms with Crippen LogP contribution in [0.3, 0.4) is 0 Å². The van der Waals surface area contributed by atoms with Crippen LogP contribution in [0, 0.1) is 13.8 Å². The first-order valence-corrected chi connectivity index (χ1v) is 13.5. The number of hydrogen-bond donors (Lipinski definition) is 6. The van der Waals surface area contributed by atoms with Gasteiger partial charge in [0.05, 0.1) is 24.2 Å². The Morgan fingerprint density at radius 1 is 1.10 bits per heavy atom. The number of aryl methyl sites for hydroxylation is 2. The van der Waals surface area contributed by atoms with Gasteiger partial charge in [-0.15, -0.1) is 12.8 Å². The molecule has 1 aliphatic carbocycles. The molecule has 8 N–H and O–H groups in total. The van der Waals surface area contributed by atoms with Crippen molar-refractivity contribution in [3.05, 3.63) is 75.8 Å². The summed E-state index contributed by atoms with van der Waals surface area (Å²) in [5.41, 5.74) is 13.9. The zero-order chi connectivity index (χ0) is 29.7. The predicted octanol–water partition coefficient (Wildman–Crippen LogP) is 5.57. The third-order valence-corrected chi connectivity index (χ3v) is 7.01. The van der Waals surface area contributed by atoms with Crippen LogP contribution in [-0.2, 0) is 5.41 Å². The summed E-state index contributed by atoms with van der Waals surface area (Å²) < 4.78 is 5.62.